The van der Waals surface area contributed by atoms with Gasteiger partial charge in [-0.3, -0.25) is 4.79 Å². The zero-order valence-corrected chi connectivity index (χ0v) is 15.8. The highest BCUT2D eigenvalue weighted by atomic mass is 16.5. The second-order valence-corrected chi connectivity index (χ2v) is 7.96. The summed E-state index contributed by atoms with van der Waals surface area (Å²) in [5, 5.41) is 9.21. The van der Waals surface area contributed by atoms with Crippen LogP contribution in [0.2, 0.25) is 0 Å². The molecule has 1 aliphatic carbocycles. The number of hydrogen-bond acceptors (Lipinski definition) is 3. The van der Waals surface area contributed by atoms with Crippen molar-refractivity contribution < 1.29 is 14.6 Å². The van der Waals surface area contributed by atoms with E-state index >= 15 is 0 Å². The lowest BCUT2D eigenvalue weighted by atomic mass is 9.57. The first-order chi connectivity index (χ1) is 11.9. The number of aliphatic hydroxyl groups is 1. The summed E-state index contributed by atoms with van der Waals surface area (Å²) in [6.07, 6.45) is 3.35. The van der Waals surface area contributed by atoms with Crippen molar-refractivity contribution in [2.24, 2.45) is 28.9 Å². The quantitative estimate of drug-likeness (QED) is 0.753. The summed E-state index contributed by atoms with van der Waals surface area (Å²) >= 11 is 0. The molecule has 140 valence electrons. The normalized spacial score (nSPS) is 28.0. The minimum atomic E-state index is -0.554. The Bertz CT molecular complexity index is 545. The Morgan fingerprint density at radius 3 is 2.56 bits per heavy atom. The Morgan fingerprint density at radius 1 is 1.32 bits per heavy atom. The summed E-state index contributed by atoms with van der Waals surface area (Å²) in [6.45, 7) is 6.81. The van der Waals surface area contributed by atoms with E-state index in [2.05, 4.69) is 20.8 Å². The number of ether oxygens (including phenoxy) is 1. The van der Waals surface area contributed by atoms with Gasteiger partial charge in [-0.05, 0) is 42.6 Å². The zero-order chi connectivity index (χ0) is 18.4. The van der Waals surface area contributed by atoms with Crippen LogP contribution in [-0.2, 0) is 9.53 Å². The van der Waals surface area contributed by atoms with Gasteiger partial charge in [0.1, 0.15) is 0 Å². The molecule has 4 heteroatoms. The summed E-state index contributed by atoms with van der Waals surface area (Å²) in [4.78, 5) is 12.7. The van der Waals surface area contributed by atoms with Crippen molar-refractivity contribution in [1.82, 2.24) is 0 Å². The molecule has 1 amide bonds. The van der Waals surface area contributed by atoms with E-state index < -0.39 is 5.41 Å². The Morgan fingerprint density at radius 2 is 2.00 bits per heavy atom. The highest BCUT2D eigenvalue weighted by Gasteiger charge is 2.50. The average molecular weight is 347 g/mol. The molecule has 0 radical (unpaired) electrons. The Labute approximate surface area is 151 Å². The lowest BCUT2D eigenvalue weighted by molar-refractivity contribution is -0.141. The van der Waals surface area contributed by atoms with Gasteiger partial charge in [-0.25, -0.2) is 0 Å². The SMILES string of the molecule is CC1CCC(C(C)C)C(C[C@H](OCCO)c2ccccc2)(C(N)=O)C1. The molecule has 3 unspecified atom stereocenters. The molecule has 4 atom stereocenters. The van der Waals surface area contributed by atoms with Gasteiger partial charge in [0.25, 0.3) is 0 Å². The van der Waals surface area contributed by atoms with E-state index in [4.69, 9.17) is 10.5 Å². The molecular formula is C21H33NO3. The largest absolute Gasteiger partial charge is 0.394 e. The lowest BCUT2D eigenvalue weighted by Gasteiger charge is -2.47. The van der Waals surface area contributed by atoms with Crippen molar-refractivity contribution in [3.63, 3.8) is 0 Å². The lowest BCUT2D eigenvalue weighted by Crippen LogP contribution is -2.49. The topological polar surface area (TPSA) is 72.6 Å². The van der Waals surface area contributed by atoms with Crippen LogP contribution >= 0.6 is 0 Å². The number of benzene rings is 1. The van der Waals surface area contributed by atoms with Gasteiger partial charge >= 0.3 is 0 Å². The highest BCUT2D eigenvalue weighted by molar-refractivity contribution is 5.81. The first-order valence-corrected chi connectivity index (χ1v) is 9.48. The molecule has 1 aliphatic rings. The van der Waals surface area contributed by atoms with E-state index in [0.29, 0.717) is 18.3 Å². The minimum Gasteiger partial charge on any atom is -0.394 e. The van der Waals surface area contributed by atoms with Crippen LogP contribution in [0.25, 0.3) is 0 Å². The van der Waals surface area contributed by atoms with Gasteiger partial charge < -0.3 is 15.6 Å². The minimum absolute atomic E-state index is 0.0308. The molecular weight excluding hydrogens is 314 g/mol. The molecule has 0 saturated heterocycles. The van der Waals surface area contributed by atoms with Gasteiger partial charge in [-0.15, -0.1) is 0 Å². The van der Waals surface area contributed by atoms with Crippen molar-refractivity contribution >= 4 is 5.91 Å². The van der Waals surface area contributed by atoms with E-state index in [9.17, 15) is 9.90 Å². The van der Waals surface area contributed by atoms with Crippen molar-refractivity contribution in [3.8, 4) is 0 Å². The summed E-state index contributed by atoms with van der Waals surface area (Å²) in [7, 11) is 0. The zero-order valence-electron chi connectivity index (χ0n) is 15.8. The van der Waals surface area contributed by atoms with Crippen LogP contribution in [0.4, 0.5) is 0 Å². The third-order valence-electron chi connectivity index (χ3n) is 5.82. The fraction of sp³-hybridized carbons (Fsp3) is 0.667. The van der Waals surface area contributed by atoms with Gasteiger partial charge in [0.15, 0.2) is 0 Å². The maximum absolute atomic E-state index is 12.7. The molecule has 0 aromatic heterocycles. The summed E-state index contributed by atoms with van der Waals surface area (Å²) in [6, 6.07) is 9.97. The second-order valence-electron chi connectivity index (χ2n) is 7.96. The fourth-order valence-corrected chi connectivity index (χ4v) is 4.67. The van der Waals surface area contributed by atoms with Crippen molar-refractivity contribution in [2.75, 3.05) is 13.2 Å². The maximum Gasteiger partial charge on any atom is 0.224 e. The van der Waals surface area contributed by atoms with Gasteiger partial charge in [-0.1, -0.05) is 57.5 Å². The van der Waals surface area contributed by atoms with E-state index in [1.807, 2.05) is 30.3 Å². The number of rotatable bonds is 8. The summed E-state index contributed by atoms with van der Waals surface area (Å²) < 4.78 is 5.96. The fourth-order valence-electron chi connectivity index (χ4n) is 4.67. The molecule has 1 fully saturated rings. The van der Waals surface area contributed by atoms with Crippen LogP contribution in [0.5, 0.6) is 0 Å². The number of carbonyl (C=O) groups is 1. The third-order valence-corrected chi connectivity index (χ3v) is 5.82. The molecule has 25 heavy (non-hydrogen) atoms. The molecule has 0 heterocycles. The van der Waals surface area contributed by atoms with Crippen LogP contribution < -0.4 is 5.73 Å². The van der Waals surface area contributed by atoms with Crippen LogP contribution in [-0.4, -0.2) is 24.2 Å². The van der Waals surface area contributed by atoms with E-state index in [1.165, 1.54) is 0 Å². The van der Waals surface area contributed by atoms with Crippen molar-refractivity contribution in [1.29, 1.82) is 0 Å². The van der Waals surface area contributed by atoms with Crippen LogP contribution in [0.3, 0.4) is 0 Å². The predicted molar refractivity (Wildman–Crippen MR) is 99.8 cm³/mol. The van der Waals surface area contributed by atoms with Gasteiger partial charge in [-0.2, -0.15) is 0 Å². The number of hydrogen-bond donors (Lipinski definition) is 2. The van der Waals surface area contributed by atoms with Gasteiger partial charge in [0, 0.05) is 0 Å². The Kier molecular flexibility index (Phi) is 7.03. The standard InChI is InChI=1S/C21H33NO3/c1-15(2)18-10-9-16(3)13-21(18,20(22)24)14-19(25-12-11-23)17-7-5-4-6-8-17/h4-8,15-16,18-19,23H,9-14H2,1-3H3,(H2,22,24)/t16?,18?,19-,21?/m0/s1. The number of primary amides is 1. The number of amides is 1. The molecule has 0 spiro atoms. The van der Waals surface area contributed by atoms with Crippen LogP contribution in [0.1, 0.15) is 58.1 Å². The number of nitrogens with two attached hydrogens (primary N) is 1. The first-order valence-electron chi connectivity index (χ1n) is 9.48. The van der Waals surface area contributed by atoms with E-state index in [0.717, 1.165) is 24.8 Å². The molecule has 0 aliphatic heterocycles. The second kappa shape index (κ2) is 8.81. The number of carbonyl (C=O) groups excluding carboxylic acids is 1. The van der Waals surface area contributed by atoms with Crippen LogP contribution in [0, 0.1) is 23.2 Å². The Hall–Kier alpha value is -1.39. The van der Waals surface area contributed by atoms with Crippen molar-refractivity contribution in [3.05, 3.63) is 35.9 Å². The summed E-state index contributed by atoms with van der Waals surface area (Å²) in [5.74, 6) is 0.947. The average Bonchev–Trinajstić information content (AvgIpc) is 2.59. The molecule has 3 N–H and O–H groups in total. The predicted octanol–water partition coefficient (Wildman–Crippen LogP) is 3.69. The maximum atomic E-state index is 12.7. The van der Waals surface area contributed by atoms with Crippen molar-refractivity contribution in [2.45, 2.75) is 52.6 Å². The molecule has 1 saturated carbocycles. The first kappa shape index (κ1) is 19.9. The monoisotopic (exact) mass is 347 g/mol. The molecule has 4 nitrogen and oxygen atoms in total. The summed E-state index contributed by atoms with van der Waals surface area (Å²) in [5.41, 5.74) is 6.49. The molecule has 2 rings (SSSR count). The molecule has 0 bridgehead atoms. The highest BCUT2D eigenvalue weighted by Crippen LogP contribution is 2.52. The molecule has 1 aromatic carbocycles. The van der Waals surface area contributed by atoms with Crippen LogP contribution in [0.15, 0.2) is 30.3 Å². The van der Waals surface area contributed by atoms with Gasteiger partial charge in [0.2, 0.25) is 5.91 Å². The van der Waals surface area contributed by atoms with Gasteiger partial charge in [0.05, 0.1) is 24.7 Å². The number of aliphatic hydroxyl groups excluding tert-OH is 1. The van der Waals surface area contributed by atoms with E-state index in [1.54, 1.807) is 0 Å². The smallest absolute Gasteiger partial charge is 0.224 e. The Balaban J connectivity index is 2.37. The van der Waals surface area contributed by atoms with E-state index in [-0.39, 0.29) is 31.1 Å². The third kappa shape index (κ3) is 4.62. The molecule has 1 aromatic rings.